The van der Waals surface area contributed by atoms with Crippen LogP contribution in [0.2, 0.25) is 5.02 Å². The van der Waals surface area contributed by atoms with Gasteiger partial charge in [0.1, 0.15) is 5.82 Å². The Balaban J connectivity index is 0.000000290. The first-order chi connectivity index (χ1) is 12.4. The molecule has 2 aromatic rings. The van der Waals surface area contributed by atoms with Gasteiger partial charge in [-0.15, -0.1) is 0 Å². The summed E-state index contributed by atoms with van der Waals surface area (Å²) in [5.41, 5.74) is 7.11. The molecule has 1 aliphatic heterocycles. The average Bonchev–Trinajstić information content (AvgIpc) is 2.64. The number of nitrogens with two attached hydrogens (primary N) is 2. The van der Waals surface area contributed by atoms with E-state index in [1.807, 2.05) is 0 Å². The molecular formula is C17H22ClN3O4S. The van der Waals surface area contributed by atoms with Crippen LogP contribution in [0.3, 0.4) is 0 Å². The number of rotatable bonds is 3. The van der Waals surface area contributed by atoms with Crippen LogP contribution in [0.25, 0.3) is 11.1 Å². The van der Waals surface area contributed by atoms with Gasteiger partial charge in [0.15, 0.2) is 5.75 Å². The molecule has 142 valence electrons. The third-order valence-electron chi connectivity index (χ3n) is 3.70. The minimum atomic E-state index is -1.19. The van der Waals surface area contributed by atoms with Gasteiger partial charge in [0.05, 0.1) is 33.4 Å². The molecule has 9 heteroatoms. The van der Waals surface area contributed by atoms with Crippen molar-refractivity contribution in [1.29, 1.82) is 0 Å². The largest absolute Gasteiger partial charge is 0.410 e. The molecule has 0 radical (unpaired) electrons. The zero-order chi connectivity index (χ0) is 19.1. The Morgan fingerprint density at radius 3 is 2.73 bits per heavy atom. The summed E-state index contributed by atoms with van der Waals surface area (Å²) < 4.78 is 16.4. The lowest BCUT2D eigenvalue weighted by Crippen LogP contribution is -2.21. The Morgan fingerprint density at radius 2 is 2.19 bits per heavy atom. The second kappa shape index (κ2) is 9.84. The summed E-state index contributed by atoms with van der Waals surface area (Å²) in [6, 6.07) is 6.78. The summed E-state index contributed by atoms with van der Waals surface area (Å²) in [6.07, 6.45) is 4.77. The van der Waals surface area contributed by atoms with Crippen molar-refractivity contribution in [3.05, 3.63) is 35.5 Å². The Labute approximate surface area is 159 Å². The number of aliphatic hydroxyl groups excluding tert-OH is 1. The maximum absolute atomic E-state index is 11.5. The van der Waals surface area contributed by atoms with E-state index in [2.05, 4.69) is 4.98 Å². The summed E-state index contributed by atoms with van der Waals surface area (Å²) in [5, 5.41) is 9.24. The van der Waals surface area contributed by atoms with E-state index in [0.717, 1.165) is 25.0 Å². The van der Waals surface area contributed by atoms with E-state index in [1.54, 1.807) is 30.5 Å². The Hall–Kier alpha value is -1.71. The Morgan fingerprint density at radius 1 is 1.42 bits per heavy atom. The Kier molecular flexibility index (Phi) is 7.80. The van der Waals surface area contributed by atoms with Gasteiger partial charge in [0.2, 0.25) is 0 Å². The van der Waals surface area contributed by atoms with E-state index >= 15 is 0 Å². The van der Waals surface area contributed by atoms with E-state index in [1.165, 1.54) is 6.20 Å². The summed E-state index contributed by atoms with van der Waals surface area (Å²) in [7, 11) is -1.19. The molecule has 0 amide bonds. The average molecular weight is 400 g/mol. The van der Waals surface area contributed by atoms with E-state index in [9.17, 15) is 4.21 Å². The number of benzene rings is 1. The molecule has 0 aliphatic carbocycles. The lowest BCUT2D eigenvalue weighted by molar-refractivity contribution is -0.00535. The van der Waals surface area contributed by atoms with Gasteiger partial charge in [-0.25, -0.2) is 4.98 Å². The molecule has 0 bridgehead atoms. The molecule has 0 spiro atoms. The van der Waals surface area contributed by atoms with E-state index in [0.29, 0.717) is 33.7 Å². The van der Waals surface area contributed by atoms with Crippen molar-refractivity contribution >= 4 is 28.2 Å². The van der Waals surface area contributed by atoms with Gasteiger partial charge in [-0.05, 0) is 36.6 Å². The molecule has 2 atom stereocenters. The number of hydrogen-bond acceptors (Lipinski definition) is 7. The third-order valence-corrected chi connectivity index (χ3v) is 4.96. The van der Waals surface area contributed by atoms with Crippen molar-refractivity contribution in [1.82, 2.24) is 4.98 Å². The summed E-state index contributed by atoms with van der Waals surface area (Å²) in [6.45, 7) is 1.37. The molecule has 7 nitrogen and oxygen atoms in total. The van der Waals surface area contributed by atoms with Crippen molar-refractivity contribution in [3.8, 4) is 16.9 Å². The van der Waals surface area contributed by atoms with Gasteiger partial charge in [0.25, 0.3) is 0 Å². The summed E-state index contributed by atoms with van der Waals surface area (Å²) in [5.74, 6) is 5.90. The van der Waals surface area contributed by atoms with Crippen LogP contribution < -0.4 is 16.5 Å². The molecule has 1 aliphatic rings. The number of aliphatic hydroxyl groups is 1. The first kappa shape index (κ1) is 20.6. The number of nitrogens with zero attached hydrogens (tertiary/aromatic N) is 1. The van der Waals surface area contributed by atoms with Crippen LogP contribution >= 0.6 is 11.6 Å². The van der Waals surface area contributed by atoms with Gasteiger partial charge in [-0.2, -0.15) is 5.90 Å². The molecule has 0 saturated carbocycles. The predicted molar refractivity (Wildman–Crippen MR) is 102 cm³/mol. The van der Waals surface area contributed by atoms with Crippen LogP contribution in [-0.2, 0) is 15.5 Å². The minimum absolute atomic E-state index is 0.186. The molecule has 1 saturated heterocycles. The van der Waals surface area contributed by atoms with Gasteiger partial charge < -0.3 is 20.4 Å². The number of nitrogen functional groups attached to an aromatic ring is 1. The lowest BCUT2D eigenvalue weighted by Gasteiger charge is -2.15. The summed E-state index contributed by atoms with van der Waals surface area (Å²) >= 11 is 6.08. The first-order valence-corrected chi connectivity index (χ1v) is 9.87. The second-order valence-corrected chi connectivity index (χ2v) is 7.45. The van der Waals surface area contributed by atoms with E-state index in [-0.39, 0.29) is 6.10 Å². The van der Waals surface area contributed by atoms with Crippen LogP contribution in [0, 0.1) is 0 Å². The predicted octanol–water partition coefficient (Wildman–Crippen LogP) is 2.13. The smallest absolute Gasteiger partial charge is 0.163 e. The van der Waals surface area contributed by atoms with Crippen LogP contribution in [0.1, 0.15) is 12.8 Å². The lowest BCUT2D eigenvalue weighted by atomic mass is 10.1. The number of pyridine rings is 1. The van der Waals surface area contributed by atoms with Gasteiger partial charge >= 0.3 is 0 Å². The highest BCUT2D eigenvalue weighted by Gasteiger charge is 2.12. The fourth-order valence-corrected chi connectivity index (χ4v) is 3.27. The molecule has 1 aromatic carbocycles. The zero-order valence-electron chi connectivity index (χ0n) is 14.4. The van der Waals surface area contributed by atoms with Crippen molar-refractivity contribution in [2.75, 3.05) is 25.2 Å². The van der Waals surface area contributed by atoms with Crippen molar-refractivity contribution < 1.29 is 18.9 Å². The number of aromatic nitrogens is 1. The Bertz CT molecular complexity index is 770. The normalized spacial score (nSPS) is 17.8. The highest BCUT2D eigenvalue weighted by Crippen LogP contribution is 2.33. The molecule has 5 N–H and O–H groups in total. The second-order valence-electron chi connectivity index (χ2n) is 5.69. The molecule has 1 fully saturated rings. The summed E-state index contributed by atoms with van der Waals surface area (Å²) in [4.78, 5) is 9.17. The topological polar surface area (TPSA) is 121 Å². The van der Waals surface area contributed by atoms with Gasteiger partial charge in [-0.3, -0.25) is 4.21 Å². The number of anilines is 1. The SMILES string of the molecule is CS(=O)c1ccc(-c2cc(N)ncc2Cl)cc1ON.OC1CCCOC1. The van der Waals surface area contributed by atoms with Gasteiger partial charge in [0, 0.05) is 24.6 Å². The maximum Gasteiger partial charge on any atom is 0.163 e. The molecule has 2 heterocycles. The third kappa shape index (κ3) is 5.65. The quantitative estimate of drug-likeness (QED) is 0.676. The number of hydrogen-bond donors (Lipinski definition) is 3. The molecule has 1 aromatic heterocycles. The van der Waals surface area contributed by atoms with E-state index < -0.39 is 10.8 Å². The number of ether oxygens (including phenoxy) is 1. The van der Waals surface area contributed by atoms with Crippen molar-refractivity contribution in [2.24, 2.45) is 5.90 Å². The highest BCUT2D eigenvalue weighted by molar-refractivity contribution is 7.84. The number of halogens is 1. The van der Waals surface area contributed by atoms with Crippen molar-refractivity contribution in [3.63, 3.8) is 0 Å². The molecular weight excluding hydrogens is 378 g/mol. The van der Waals surface area contributed by atoms with Crippen LogP contribution in [0.5, 0.6) is 5.75 Å². The fraction of sp³-hybridized carbons (Fsp3) is 0.353. The highest BCUT2D eigenvalue weighted by atomic mass is 35.5. The monoisotopic (exact) mass is 399 g/mol. The maximum atomic E-state index is 11.5. The van der Waals surface area contributed by atoms with Gasteiger partial charge in [-0.1, -0.05) is 17.7 Å². The van der Waals surface area contributed by atoms with Crippen LogP contribution in [0.4, 0.5) is 5.82 Å². The molecule has 26 heavy (non-hydrogen) atoms. The fourth-order valence-electron chi connectivity index (χ4n) is 2.40. The van der Waals surface area contributed by atoms with Crippen molar-refractivity contribution in [2.45, 2.75) is 23.8 Å². The molecule has 2 unspecified atom stereocenters. The first-order valence-electron chi connectivity index (χ1n) is 7.93. The molecule has 3 rings (SSSR count). The zero-order valence-corrected chi connectivity index (χ0v) is 15.9. The van der Waals surface area contributed by atoms with E-state index in [4.69, 9.17) is 37.9 Å². The minimum Gasteiger partial charge on any atom is -0.410 e. The standard InChI is InChI=1S/C12H12ClN3O2S.C5H10O2/c1-19(17)11-3-2-7(4-10(11)18-15)8-5-12(14)16-6-9(8)13;6-5-2-1-3-7-4-5/h2-6H,15H2,1H3,(H2,14,16);5-6H,1-4H2. The van der Waals surface area contributed by atoms with Crippen LogP contribution in [0.15, 0.2) is 35.4 Å². The van der Waals surface area contributed by atoms with Crippen LogP contribution in [-0.4, -0.2) is 39.9 Å².